The van der Waals surface area contributed by atoms with Crippen LogP contribution in [-0.4, -0.2) is 56.1 Å². The Labute approximate surface area is 143 Å². The molecule has 0 N–H and O–H groups in total. The second-order valence-electron chi connectivity index (χ2n) is 6.39. The van der Waals surface area contributed by atoms with Crippen molar-refractivity contribution >= 4 is 17.4 Å². The fraction of sp³-hybridized carbons (Fsp3) is 0.368. The van der Waals surface area contributed by atoms with Crippen LogP contribution in [0.1, 0.15) is 15.9 Å². The molecule has 5 nitrogen and oxygen atoms in total. The number of hydrogen-bond donors (Lipinski definition) is 0. The zero-order valence-electron chi connectivity index (χ0n) is 14.6. The maximum absolute atomic E-state index is 12.9. The molecule has 0 saturated carbocycles. The maximum Gasteiger partial charge on any atom is 0.257 e. The lowest BCUT2D eigenvalue weighted by atomic mass is 10.1. The van der Waals surface area contributed by atoms with Gasteiger partial charge in [-0.25, -0.2) is 4.98 Å². The third kappa shape index (κ3) is 3.35. The monoisotopic (exact) mass is 324 g/mol. The van der Waals surface area contributed by atoms with E-state index in [0.29, 0.717) is 5.56 Å². The zero-order chi connectivity index (χ0) is 17.1. The number of amides is 1. The van der Waals surface area contributed by atoms with Gasteiger partial charge in [-0.2, -0.15) is 0 Å². The third-order valence-corrected chi connectivity index (χ3v) is 4.37. The predicted octanol–water partition coefficient (Wildman–Crippen LogP) is 2.42. The fourth-order valence-corrected chi connectivity index (χ4v) is 3.08. The van der Waals surface area contributed by atoms with E-state index in [1.807, 2.05) is 36.0 Å². The molecule has 1 aromatic heterocycles. The summed E-state index contributed by atoms with van der Waals surface area (Å²) in [4.78, 5) is 23.3. The number of aromatic nitrogens is 1. The van der Waals surface area contributed by atoms with Crippen molar-refractivity contribution in [3.63, 3.8) is 0 Å². The highest BCUT2D eigenvalue weighted by atomic mass is 16.2. The summed E-state index contributed by atoms with van der Waals surface area (Å²) >= 11 is 0. The van der Waals surface area contributed by atoms with Crippen LogP contribution >= 0.6 is 0 Å². The van der Waals surface area contributed by atoms with Crippen molar-refractivity contribution in [3.8, 4) is 0 Å². The van der Waals surface area contributed by atoms with Crippen molar-refractivity contribution < 1.29 is 4.79 Å². The second-order valence-corrected chi connectivity index (χ2v) is 6.39. The molecular formula is C19H24N4O. The average molecular weight is 324 g/mol. The molecule has 24 heavy (non-hydrogen) atoms. The molecule has 1 fully saturated rings. The van der Waals surface area contributed by atoms with Gasteiger partial charge in [-0.3, -0.25) is 4.79 Å². The Kier molecular flexibility index (Phi) is 4.69. The fourth-order valence-electron chi connectivity index (χ4n) is 3.08. The van der Waals surface area contributed by atoms with Crippen molar-refractivity contribution in [1.82, 2.24) is 9.88 Å². The summed E-state index contributed by atoms with van der Waals surface area (Å²) in [6.07, 6.45) is 1.72. The molecule has 2 aromatic rings. The Morgan fingerprint density at radius 1 is 1.08 bits per heavy atom. The normalized spacial score (nSPS) is 14.6. The number of pyridine rings is 1. The van der Waals surface area contributed by atoms with Crippen LogP contribution < -0.4 is 9.80 Å². The Morgan fingerprint density at radius 2 is 1.83 bits per heavy atom. The first-order valence-corrected chi connectivity index (χ1v) is 8.29. The van der Waals surface area contributed by atoms with Crippen molar-refractivity contribution in [2.45, 2.75) is 6.92 Å². The number of carbonyl (C=O) groups excluding carboxylic acids is 1. The quantitative estimate of drug-likeness (QED) is 0.869. The lowest BCUT2D eigenvalue weighted by Gasteiger charge is -2.36. The van der Waals surface area contributed by atoms with Gasteiger partial charge < -0.3 is 14.7 Å². The first-order chi connectivity index (χ1) is 11.6. The lowest BCUT2D eigenvalue weighted by molar-refractivity contribution is 0.0747. The minimum Gasteiger partial charge on any atom is -0.368 e. The number of anilines is 2. The summed E-state index contributed by atoms with van der Waals surface area (Å²) in [6.45, 7) is 5.27. The molecule has 5 heteroatoms. The van der Waals surface area contributed by atoms with Gasteiger partial charge in [0.15, 0.2) is 0 Å². The third-order valence-electron chi connectivity index (χ3n) is 4.37. The van der Waals surface area contributed by atoms with Crippen molar-refractivity contribution in [2.75, 3.05) is 50.1 Å². The average Bonchev–Trinajstić information content (AvgIpc) is 2.61. The van der Waals surface area contributed by atoms with Crippen molar-refractivity contribution in [2.24, 2.45) is 0 Å². The minimum absolute atomic E-state index is 0.0655. The summed E-state index contributed by atoms with van der Waals surface area (Å²) < 4.78 is 0. The van der Waals surface area contributed by atoms with E-state index in [9.17, 15) is 4.79 Å². The van der Waals surface area contributed by atoms with Gasteiger partial charge in [0.1, 0.15) is 5.82 Å². The van der Waals surface area contributed by atoms with Gasteiger partial charge in [0.2, 0.25) is 0 Å². The standard InChI is InChI=1S/C19H24N4O/c1-15-6-4-7-16(14-15)22-10-12-23(13-11-22)19(24)17-8-5-9-20-18(17)21(2)3/h4-9,14H,10-13H2,1-3H3. The smallest absolute Gasteiger partial charge is 0.257 e. The second kappa shape index (κ2) is 6.91. The van der Waals surface area contributed by atoms with E-state index in [1.165, 1.54) is 11.3 Å². The predicted molar refractivity (Wildman–Crippen MR) is 97.9 cm³/mol. The first-order valence-electron chi connectivity index (χ1n) is 8.29. The molecule has 0 spiro atoms. The highest BCUT2D eigenvalue weighted by Gasteiger charge is 2.24. The SMILES string of the molecule is Cc1cccc(N2CCN(C(=O)c3cccnc3N(C)C)CC2)c1. The van der Waals surface area contributed by atoms with Crippen LogP contribution in [-0.2, 0) is 0 Å². The summed E-state index contributed by atoms with van der Waals surface area (Å²) in [5.74, 6) is 0.791. The highest BCUT2D eigenvalue weighted by molar-refractivity contribution is 5.99. The van der Waals surface area contributed by atoms with E-state index >= 15 is 0 Å². The summed E-state index contributed by atoms with van der Waals surface area (Å²) in [5, 5.41) is 0. The van der Waals surface area contributed by atoms with Crippen LogP contribution in [0, 0.1) is 6.92 Å². The van der Waals surface area contributed by atoms with E-state index in [4.69, 9.17) is 0 Å². The van der Waals surface area contributed by atoms with Gasteiger partial charge in [0, 0.05) is 52.2 Å². The summed E-state index contributed by atoms with van der Waals surface area (Å²) in [6, 6.07) is 12.2. The molecule has 0 aliphatic carbocycles. The van der Waals surface area contributed by atoms with Gasteiger partial charge in [0.25, 0.3) is 5.91 Å². The lowest BCUT2D eigenvalue weighted by Crippen LogP contribution is -2.49. The molecule has 0 atom stereocenters. The van der Waals surface area contributed by atoms with E-state index in [2.05, 4.69) is 41.1 Å². The summed E-state index contributed by atoms with van der Waals surface area (Å²) in [7, 11) is 3.82. The number of benzene rings is 1. The van der Waals surface area contributed by atoms with Gasteiger partial charge in [-0.15, -0.1) is 0 Å². The first kappa shape index (κ1) is 16.3. The molecule has 3 rings (SSSR count). The number of aryl methyl sites for hydroxylation is 1. The molecule has 0 radical (unpaired) electrons. The number of piperazine rings is 1. The molecule has 1 aliphatic heterocycles. The number of rotatable bonds is 3. The number of hydrogen-bond acceptors (Lipinski definition) is 4. The van der Waals surface area contributed by atoms with Crippen LogP contribution in [0.25, 0.3) is 0 Å². The molecule has 2 heterocycles. The van der Waals surface area contributed by atoms with Gasteiger partial charge in [-0.05, 0) is 36.8 Å². The van der Waals surface area contributed by atoms with E-state index in [1.54, 1.807) is 6.20 Å². The van der Waals surface area contributed by atoms with Gasteiger partial charge >= 0.3 is 0 Å². The Hall–Kier alpha value is -2.56. The van der Waals surface area contributed by atoms with Crippen LogP contribution in [0.3, 0.4) is 0 Å². The van der Waals surface area contributed by atoms with Crippen molar-refractivity contribution in [3.05, 3.63) is 53.7 Å². The van der Waals surface area contributed by atoms with E-state index in [0.717, 1.165) is 32.0 Å². The minimum atomic E-state index is 0.0655. The number of nitrogens with zero attached hydrogens (tertiary/aromatic N) is 4. The molecule has 1 aliphatic rings. The summed E-state index contributed by atoms with van der Waals surface area (Å²) in [5.41, 5.74) is 3.17. The number of carbonyl (C=O) groups is 1. The van der Waals surface area contributed by atoms with Crippen molar-refractivity contribution in [1.29, 1.82) is 0 Å². The van der Waals surface area contributed by atoms with Crippen LogP contribution in [0.2, 0.25) is 0 Å². The molecule has 1 amide bonds. The van der Waals surface area contributed by atoms with Crippen LogP contribution in [0.5, 0.6) is 0 Å². The maximum atomic E-state index is 12.9. The molecule has 126 valence electrons. The van der Waals surface area contributed by atoms with E-state index < -0.39 is 0 Å². The highest BCUT2D eigenvalue weighted by Crippen LogP contribution is 2.21. The Morgan fingerprint density at radius 3 is 2.50 bits per heavy atom. The molecular weight excluding hydrogens is 300 g/mol. The Balaban J connectivity index is 1.70. The zero-order valence-corrected chi connectivity index (χ0v) is 14.6. The molecule has 1 aromatic carbocycles. The van der Waals surface area contributed by atoms with Crippen LogP contribution in [0.15, 0.2) is 42.6 Å². The van der Waals surface area contributed by atoms with Gasteiger partial charge in [0.05, 0.1) is 5.56 Å². The Bertz CT molecular complexity index is 721. The topological polar surface area (TPSA) is 39.7 Å². The molecule has 0 unspecified atom stereocenters. The van der Waals surface area contributed by atoms with Gasteiger partial charge in [-0.1, -0.05) is 12.1 Å². The largest absolute Gasteiger partial charge is 0.368 e. The molecule has 0 bridgehead atoms. The van der Waals surface area contributed by atoms with Crippen LogP contribution in [0.4, 0.5) is 11.5 Å². The van der Waals surface area contributed by atoms with E-state index in [-0.39, 0.29) is 5.91 Å². The molecule has 1 saturated heterocycles.